The fraction of sp³-hybridized carbons (Fsp3) is 0.444. The summed E-state index contributed by atoms with van der Waals surface area (Å²) in [7, 11) is 0. The van der Waals surface area contributed by atoms with Crippen molar-refractivity contribution in [1.82, 2.24) is 10.5 Å². The minimum absolute atomic E-state index is 0.161. The molecule has 0 aromatic carbocycles. The van der Waals surface area contributed by atoms with Crippen molar-refractivity contribution in [3.63, 3.8) is 0 Å². The monoisotopic (exact) mass is 292 g/mol. The van der Waals surface area contributed by atoms with Gasteiger partial charge in [0, 0.05) is 0 Å². The summed E-state index contributed by atoms with van der Waals surface area (Å²) in [4.78, 5) is 30.9. The molecule has 88 valence electrons. The van der Waals surface area contributed by atoms with Gasteiger partial charge in [-0.15, -0.1) is 0 Å². The average Bonchev–Trinajstić information content (AvgIpc) is 2.61. The first-order valence-corrected chi connectivity index (χ1v) is 6.18. The molecule has 0 bridgehead atoms. The zero-order valence-electron chi connectivity index (χ0n) is 9.10. The van der Waals surface area contributed by atoms with Crippen LogP contribution in [-0.4, -0.2) is 42.1 Å². The van der Waals surface area contributed by atoms with Crippen LogP contribution in [0.25, 0.3) is 0 Å². The summed E-state index contributed by atoms with van der Waals surface area (Å²) < 4.78 is 0.363. The molecule has 0 unspecified atom stereocenters. The molecular weight excluding hydrogens is 279 g/mol. The van der Waals surface area contributed by atoms with E-state index in [0.717, 1.165) is 0 Å². The van der Waals surface area contributed by atoms with E-state index in [0.29, 0.717) is 0 Å². The van der Waals surface area contributed by atoms with Crippen molar-refractivity contribution >= 4 is 26.4 Å². The molecular formula is C9H12N2O4Se. The van der Waals surface area contributed by atoms with Crippen molar-refractivity contribution < 1.29 is 19.5 Å². The van der Waals surface area contributed by atoms with Crippen LogP contribution >= 0.6 is 0 Å². The molecule has 1 rings (SSSR count). The summed E-state index contributed by atoms with van der Waals surface area (Å²) >= 11 is -0.558. The number of carboxylic acid groups (broad SMARTS) is 1. The van der Waals surface area contributed by atoms with Crippen molar-refractivity contribution in [2.24, 2.45) is 0 Å². The van der Waals surface area contributed by atoms with E-state index in [1.807, 2.05) is 0 Å². The topological polar surface area (TPSA) is 88.5 Å². The first-order valence-electron chi connectivity index (χ1n) is 4.47. The summed E-state index contributed by atoms with van der Waals surface area (Å²) in [5, 5.41) is 8.68. The van der Waals surface area contributed by atoms with Crippen LogP contribution in [0.5, 0.6) is 0 Å². The third kappa shape index (κ3) is 3.77. The molecule has 1 heterocycles. The number of nitrogens with one attached hydrogen (secondary N) is 1. The number of amides is 1. The quantitative estimate of drug-likeness (QED) is 0.617. The fourth-order valence-electron chi connectivity index (χ4n) is 0.721. The zero-order valence-corrected chi connectivity index (χ0v) is 10.8. The third-order valence-electron chi connectivity index (χ3n) is 1.36. The third-order valence-corrected chi connectivity index (χ3v) is 3.43. The van der Waals surface area contributed by atoms with Crippen LogP contribution in [0.4, 0.5) is 0 Å². The average molecular weight is 291 g/mol. The molecule has 7 heteroatoms. The van der Waals surface area contributed by atoms with Gasteiger partial charge in [-0.25, -0.2) is 0 Å². The minimum atomic E-state index is -1.04. The van der Waals surface area contributed by atoms with Crippen molar-refractivity contribution in [3.8, 4) is 0 Å². The molecule has 1 aromatic rings. The number of hydrogen-bond donors (Lipinski definition) is 2. The van der Waals surface area contributed by atoms with Gasteiger partial charge in [0.1, 0.15) is 0 Å². The summed E-state index contributed by atoms with van der Waals surface area (Å²) in [5.74, 6) is -1.52. The molecule has 2 N–H and O–H groups in total. The molecule has 1 amide bonds. The predicted octanol–water partition coefficient (Wildman–Crippen LogP) is 0.297. The summed E-state index contributed by atoms with van der Waals surface area (Å²) in [6.07, 6.45) is 1.20. The van der Waals surface area contributed by atoms with Gasteiger partial charge >= 0.3 is 98.0 Å². The molecule has 6 nitrogen and oxygen atoms in total. The molecule has 0 radical (unpaired) electrons. The summed E-state index contributed by atoms with van der Waals surface area (Å²) in [6.45, 7) is 5.36. The van der Waals surface area contributed by atoms with Gasteiger partial charge in [0.25, 0.3) is 0 Å². The van der Waals surface area contributed by atoms with Crippen LogP contribution in [0.1, 0.15) is 39.4 Å². The van der Waals surface area contributed by atoms with E-state index < -0.39 is 32.0 Å². The fourth-order valence-corrected chi connectivity index (χ4v) is 2.07. The Morgan fingerprint density at radius 1 is 1.50 bits per heavy atom. The van der Waals surface area contributed by atoms with Crippen LogP contribution in [0.15, 0.2) is 6.20 Å². The molecule has 0 saturated heterocycles. The number of carbonyl (C=O) groups excluding carboxylic acids is 1. The van der Waals surface area contributed by atoms with Gasteiger partial charge in [0.15, 0.2) is 0 Å². The predicted molar refractivity (Wildman–Crippen MR) is 56.4 cm³/mol. The van der Waals surface area contributed by atoms with E-state index in [-0.39, 0.29) is 9.01 Å². The van der Waals surface area contributed by atoms with Crippen molar-refractivity contribution in [2.75, 3.05) is 0 Å². The number of rotatable bonds is 3. The Bertz CT molecular complexity index is 408. The molecule has 0 saturated carbocycles. The van der Waals surface area contributed by atoms with Crippen molar-refractivity contribution in [3.05, 3.63) is 15.2 Å². The second kappa shape index (κ2) is 4.78. The van der Waals surface area contributed by atoms with E-state index in [1.54, 1.807) is 20.8 Å². The molecule has 16 heavy (non-hydrogen) atoms. The molecule has 1 aromatic heterocycles. The van der Waals surface area contributed by atoms with E-state index >= 15 is 0 Å². The van der Waals surface area contributed by atoms with Crippen molar-refractivity contribution in [1.29, 1.82) is 0 Å². The Hall–Kier alpha value is -1.17. The maximum atomic E-state index is 11.5. The molecule has 0 aliphatic heterocycles. The molecule has 0 aliphatic carbocycles. The number of nitrogens with zero attached hydrogens (tertiary/aromatic N) is 1. The van der Waals surface area contributed by atoms with Crippen LogP contribution in [0.2, 0.25) is 0 Å². The van der Waals surface area contributed by atoms with Crippen LogP contribution < -0.4 is 5.48 Å². The zero-order chi connectivity index (χ0) is 12.3. The van der Waals surface area contributed by atoms with Crippen LogP contribution in [-0.2, 0) is 4.84 Å². The van der Waals surface area contributed by atoms with Gasteiger partial charge in [-0.2, -0.15) is 0 Å². The Kier molecular flexibility index (Phi) is 3.85. The summed E-state index contributed by atoms with van der Waals surface area (Å²) in [6, 6.07) is 0. The van der Waals surface area contributed by atoms with Gasteiger partial charge in [-0.1, -0.05) is 0 Å². The van der Waals surface area contributed by atoms with E-state index in [2.05, 4.69) is 10.5 Å². The van der Waals surface area contributed by atoms with Gasteiger partial charge in [-0.05, 0) is 0 Å². The number of hydroxylamine groups is 1. The first kappa shape index (κ1) is 12.9. The number of aromatic carboxylic acids is 1. The molecule has 0 aliphatic rings. The van der Waals surface area contributed by atoms with E-state index in [1.165, 1.54) is 6.20 Å². The van der Waals surface area contributed by atoms with Gasteiger partial charge in [0.05, 0.1) is 0 Å². The van der Waals surface area contributed by atoms with Crippen LogP contribution in [0, 0.1) is 0 Å². The number of hydrogen-bond acceptors (Lipinski definition) is 4. The Morgan fingerprint density at radius 2 is 2.12 bits per heavy atom. The SMILES string of the molecule is CC(C)(C)ONC(=O)c1ncc(C(=O)O)[se]1. The normalized spacial score (nSPS) is 11.2. The second-order valence-corrected chi connectivity index (χ2v) is 6.14. The van der Waals surface area contributed by atoms with Gasteiger partial charge < -0.3 is 0 Å². The van der Waals surface area contributed by atoms with E-state index in [9.17, 15) is 9.59 Å². The standard InChI is InChI=1S/C9H12N2O4Se/c1-9(2,3)15-11-6(12)7-10-4-5(16-7)8(13)14/h4H,1-3H3,(H,11,12)(H,13,14). The summed E-state index contributed by atoms with van der Waals surface area (Å²) in [5.41, 5.74) is 1.75. The number of aromatic nitrogens is 1. The van der Waals surface area contributed by atoms with Crippen molar-refractivity contribution in [2.45, 2.75) is 26.4 Å². The maximum absolute atomic E-state index is 11.5. The van der Waals surface area contributed by atoms with Crippen LogP contribution in [0.3, 0.4) is 0 Å². The Morgan fingerprint density at radius 3 is 2.56 bits per heavy atom. The van der Waals surface area contributed by atoms with Gasteiger partial charge in [0.2, 0.25) is 0 Å². The first-order chi connectivity index (χ1) is 7.29. The second-order valence-electron chi connectivity index (χ2n) is 3.98. The van der Waals surface area contributed by atoms with E-state index in [4.69, 9.17) is 9.94 Å². The van der Waals surface area contributed by atoms with Gasteiger partial charge in [-0.3, -0.25) is 0 Å². The molecule has 0 atom stereocenters. The Labute approximate surface area is 98.3 Å². The number of carboxylic acids is 1. The molecule has 0 spiro atoms. The molecule has 0 fully saturated rings. The Balaban J connectivity index is 2.63. The number of carbonyl (C=O) groups is 2.